The lowest BCUT2D eigenvalue weighted by atomic mass is 9.86. The van der Waals surface area contributed by atoms with E-state index >= 15 is 0 Å². The van der Waals surface area contributed by atoms with E-state index in [0.29, 0.717) is 31.0 Å². The Morgan fingerprint density at radius 2 is 1.90 bits per heavy atom. The summed E-state index contributed by atoms with van der Waals surface area (Å²) in [6, 6.07) is 0. The molecular formula is C24H41NO4. The first-order chi connectivity index (χ1) is 13.7. The van der Waals surface area contributed by atoms with Gasteiger partial charge in [0.15, 0.2) is 5.60 Å². The van der Waals surface area contributed by atoms with E-state index in [-0.39, 0.29) is 18.3 Å². The second-order valence-electron chi connectivity index (χ2n) is 8.98. The van der Waals surface area contributed by atoms with Gasteiger partial charge in [0.1, 0.15) is 5.78 Å². The van der Waals surface area contributed by atoms with Gasteiger partial charge in [-0.2, -0.15) is 0 Å². The number of carboxylic acid groups (broad SMARTS) is 1. The highest BCUT2D eigenvalue weighted by Gasteiger charge is 2.40. The SMILES string of the molecule is CCCCCC/C=C/[C@H]1[C@H](CN(C)C)CC(=O)[C@@H]1C/C=C\CCC(C)(O)C(=O)O. The Balaban J connectivity index is 2.65. The van der Waals surface area contributed by atoms with Gasteiger partial charge in [-0.15, -0.1) is 0 Å². The molecule has 2 N–H and O–H groups in total. The van der Waals surface area contributed by atoms with Gasteiger partial charge in [-0.05, 0) is 65.0 Å². The number of carbonyl (C=O) groups is 2. The Labute approximate surface area is 176 Å². The Morgan fingerprint density at radius 1 is 1.17 bits per heavy atom. The molecule has 0 radical (unpaired) electrons. The Morgan fingerprint density at radius 3 is 2.52 bits per heavy atom. The summed E-state index contributed by atoms with van der Waals surface area (Å²) < 4.78 is 0. The minimum absolute atomic E-state index is 0.00285. The number of aliphatic carboxylic acids is 1. The average molecular weight is 408 g/mol. The van der Waals surface area contributed by atoms with Crippen LogP contribution >= 0.6 is 0 Å². The van der Waals surface area contributed by atoms with Crippen LogP contribution in [0.15, 0.2) is 24.3 Å². The highest BCUT2D eigenvalue weighted by atomic mass is 16.4. The van der Waals surface area contributed by atoms with Crippen molar-refractivity contribution in [2.24, 2.45) is 17.8 Å². The number of rotatable bonds is 14. The molecule has 1 saturated carbocycles. The van der Waals surface area contributed by atoms with Crippen molar-refractivity contribution in [1.82, 2.24) is 4.90 Å². The van der Waals surface area contributed by atoms with Crippen molar-refractivity contribution in [3.05, 3.63) is 24.3 Å². The van der Waals surface area contributed by atoms with E-state index in [2.05, 4.69) is 38.1 Å². The van der Waals surface area contributed by atoms with E-state index in [1.54, 1.807) is 0 Å². The third-order valence-electron chi connectivity index (χ3n) is 5.88. The van der Waals surface area contributed by atoms with E-state index < -0.39 is 11.6 Å². The van der Waals surface area contributed by atoms with Crippen LogP contribution in [0, 0.1) is 17.8 Å². The summed E-state index contributed by atoms with van der Waals surface area (Å²) in [5.41, 5.74) is -1.70. The van der Waals surface area contributed by atoms with Gasteiger partial charge in [-0.1, -0.05) is 50.5 Å². The van der Waals surface area contributed by atoms with Gasteiger partial charge < -0.3 is 15.1 Å². The van der Waals surface area contributed by atoms with E-state index in [1.807, 2.05) is 12.2 Å². The van der Waals surface area contributed by atoms with Crippen LogP contribution in [0.4, 0.5) is 0 Å². The summed E-state index contributed by atoms with van der Waals surface area (Å²) in [6.45, 7) is 4.45. The van der Waals surface area contributed by atoms with Crippen molar-refractivity contribution < 1.29 is 19.8 Å². The number of hydrogen-bond donors (Lipinski definition) is 2. The Hall–Kier alpha value is -1.46. The van der Waals surface area contributed by atoms with E-state index in [1.165, 1.54) is 32.6 Å². The maximum atomic E-state index is 12.7. The van der Waals surface area contributed by atoms with E-state index in [9.17, 15) is 14.7 Å². The monoisotopic (exact) mass is 407 g/mol. The molecule has 0 amide bonds. The van der Waals surface area contributed by atoms with Crippen LogP contribution in [0.2, 0.25) is 0 Å². The average Bonchev–Trinajstić information content (AvgIpc) is 2.91. The Kier molecular flexibility index (Phi) is 11.4. The maximum absolute atomic E-state index is 12.7. The van der Waals surface area contributed by atoms with E-state index in [4.69, 9.17) is 5.11 Å². The predicted molar refractivity (Wildman–Crippen MR) is 118 cm³/mol. The highest BCUT2D eigenvalue weighted by Crippen LogP contribution is 2.38. The predicted octanol–water partition coefficient (Wildman–Crippen LogP) is 4.46. The number of nitrogens with zero attached hydrogens (tertiary/aromatic N) is 1. The number of allylic oxidation sites excluding steroid dienone is 4. The lowest BCUT2D eigenvalue weighted by Crippen LogP contribution is -2.34. The lowest BCUT2D eigenvalue weighted by Gasteiger charge is -2.23. The number of unbranched alkanes of at least 4 members (excludes halogenated alkanes) is 4. The smallest absolute Gasteiger partial charge is 0.335 e. The number of Topliss-reactive ketones (excluding diaryl/α,β-unsaturated/α-hetero) is 1. The first-order valence-electron chi connectivity index (χ1n) is 11.1. The molecule has 1 fully saturated rings. The Bertz CT molecular complexity index is 565. The van der Waals surface area contributed by atoms with E-state index in [0.717, 1.165) is 13.0 Å². The molecule has 1 unspecified atom stereocenters. The molecule has 0 aromatic rings. The summed E-state index contributed by atoms with van der Waals surface area (Å²) in [5, 5.41) is 18.7. The van der Waals surface area contributed by atoms with Gasteiger partial charge in [0, 0.05) is 18.9 Å². The second kappa shape index (κ2) is 13.0. The molecule has 4 atom stereocenters. The normalized spacial score (nSPS) is 24.8. The van der Waals surface area contributed by atoms with Crippen LogP contribution in [-0.2, 0) is 9.59 Å². The number of hydrogen-bond acceptors (Lipinski definition) is 4. The molecule has 1 rings (SSSR count). The molecule has 0 heterocycles. The third-order valence-corrected chi connectivity index (χ3v) is 5.88. The van der Waals surface area contributed by atoms with Crippen molar-refractivity contribution in [2.75, 3.05) is 20.6 Å². The zero-order valence-corrected chi connectivity index (χ0v) is 18.8. The second-order valence-corrected chi connectivity index (χ2v) is 8.98. The summed E-state index contributed by atoms with van der Waals surface area (Å²) in [4.78, 5) is 25.8. The molecule has 0 aromatic carbocycles. The fraction of sp³-hybridized carbons (Fsp3) is 0.750. The molecule has 0 bridgehead atoms. The van der Waals surface area contributed by atoms with Crippen LogP contribution < -0.4 is 0 Å². The van der Waals surface area contributed by atoms with Gasteiger partial charge in [0.05, 0.1) is 0 Å². The zero-order valence-electron chi connectivity index (χ0n) is 18.8. The quantitative estimate of drug-likeness (QED) is 0.328. The van der Waals surface area contributed by atoms with Crippen molar-refractivity contribution in [1.29, 1.82) is 0 Å². The van der Waals surface area contributed by atoms with Crippen molar-refractivity contribution in [2.45, 2.75) is 77.2 Å². The minimum Gasteiger partial charge on any atom is -0.479 e. The van der Waals surface area contributed by atoms with Crippen molar-refractivity contribution >= 4 is 11.8 Å². The van der Waals surface area contributed by atoms with Gasteiger partial charge >= 0.3 is 5.97 Å². The molecule has 1 aliphatic rings. The number of ketones is 1. The zero-order chi connectivity index (χ0) is 21.9. The molecule has 0 spiro atoms. The van der Waals surface area contributed by atoms with Gasteiger partial charge in [0.2, 0.25) is 0 Å². The third kappa shape index (κ3) is 9.26. The van der Waals surface area contributed by atoms with Crippen LogP contribution in [0.3, 0.4) is 0 Å². The first kappa shape index (κ1) is 25.6. The number of carboxylic acids is 1. The van der Waals surface area contributed by atoms with Gasteiger partial charge in [-0.3, -0.25) is 4.79 Å². The fourth-order valence-corrected chi connectivity index (χ4v) is 4.10. The van der Waals surface area contributed by atoms with Gasteiger partial charge in [0.25, 0.3) is 0 Å². The molecular weight excluding hydrogens is 366 g/mol. The molecule has 0 aliphatic heterocycles. The largest absolute Gasteiger partial charge is 0.479 e. The highest BCUT2D eigenvalue weighted by molar-refractivity contribution is 5.84. The maximum Gasteiger partial charge on any atom is 0.335 e. The van der Waals surface area contributed by atoms with Crippen LogP contribution in [-0.4, -0.2) is 53.1 Å². The van der Waals surface area contributed by atoms with Crippen LogP contribution in [0.5, 0.6) is 0 Å². The van der Waals surface area contributed by atoms with Crippen LogP contribution in [0.25, 0.3) is 0 Å². The molecule has 29 heavy (non-hydrogen) atoms. The summed E-state index contributed by atoms with van der Waals surface area (Å²) in [7, 11) is 4.11. The fourth-order valence-electron chi connectivity index (χ4n) is 4.10. The molecule has 5 nitrogen and oxygen atoms in total. The first-order valence-corrected chi connectivity index (χ1v) is 11.1. The van der Waals surface area contributed by atoms with Crippen LogP contribution in [0.1, 0.15) is 71.6 Å². The molecule has 0 saturated heterocycles. The minimum atomic E-state index is -1.70. The van der Waals surface area contributed by atoms with Crippen molar-refractivity contribution in [3.8, 4) is 0 Å². The van der Waals surface area contributed by atoms with Crippen molar-refractivity contribution in [3.63, 3.8) is 0 Å². The molecule has 1 aliphatic carbocycles. The summed E-state index contributed by atoms with van der Waals surface area (Å²) >= 11 is 0. The summed E-state index contributed by atoms with van der Waals surface area (Å²) in [6.07, 6.45) is 16.5. The number of aliphatic hydroxyl groups is 1. The molecule has 5 heteroatoms. The van der Waals surface area contributed by atoms with Gasteiger partial charge in [-0.25, -0.2) is 4.79 Å². The molecule has 166 valence electrons. The topological polar surface area (TPSA) is 77.8 Å². The molecule has 0 aromatic heterocycles. The lowest BCUT2D eigenvalue weighted by molar-refractivity contribution is -0.157. The number of carbonyl (C=O) groups excluding carboxylic acids is 1. The standard InChI is InChI=1S/C24H41NO4/c1-5-6-7-8-9-11-14-20-19(18-25(3)4)17-22(26)21(20)15-12-10-13-16-24(2,29)23(27)28/h10-12,14,19-21,29H,5-9,13,15-18H2,1-4H3,(H,27,28)/b12-10-,14-11+/t19-,20-,21+,24?/m0/s1. The summed E-state index contributed by atoms with van der Waals surface area (Å²) in [5.74, 6) is -0.242.